The molecule has 0 atom stereocenters. The van der Waals surface area contributed by atoms with E-state index in [1.165, 1.54) is 11.8 Å². The average Bonchev–Trinajstić information content (AvgIpc) is 2.46. The predicted octanol–water partition coefficient (Wildman–Crippen LogP) is 4.78. The van der Waals surface area contributed by atoms with Crippen LogP contribution in [-0.4, -0.2) is 22.3 Å². The molecule has 1 aromatic carbocycles. The summed E-state index contributed by atoms with van der Waals surface area (Å²) in [4.78, 5) is 8.57. The minimum absolute atomic E-state index is 0.0565. The number of nitrogens with zero attached hydrogens (tertiary/aromatic N) is 2. The molecule has 0 unspecified atom stereocenters. The first-order valence-corrected chi connectivity index (χ1v) is 8.15. The second kappa shape index (κ2) is 7.08. The summed E-state index contributed by atoms with van der Waals surface area (Å²) in [5, 5.41) is 5.74. The Labute approximate surface area is 136 Å². The maximum absolute atomic E-state index is 13.0. The highest BCUT2D eigenvalue weighted by Crippen LogP contribution is 2.32. The molecule has 0 aliphatic carbocycles. The minimum atomic E-state index is -4.54. The maximum atomic E-state index is 13.0. The fourth-order valence-corrected chi connectivity index (χ4v) is 2.42. The Balaban J connectivity index is 2.40. The molecule has 0 aliphatic heterocycles. The van der Waals surface area contributed by atoms with Crippen LogP contribution >= 0.6 is 11.8 Å². The molecule has 0 saturated carbocycles. The summed E-state index contributed by atoms with van der Waals surface area (Å²) >= 11 is 1.50. The van der Waals surface area contributed by atoms with E-state index in [0.717, 1.165) is 11.0 Å². The Hall–Kier alpha value is -1.96. The SMILES string of the molecule is CSc1ccccc1Nc1cc(C(F)(F)F)nc(NC(C)C)n1. The Bertz CT molecular complexity index is 674. The lowest BCUT2D eigenvalue weighted by molar-refractivity contribution is -0.141. The van der Waals surface area contributed by atoms with Gasteiger partial charge in [0, 0.05) is 17.0 Å². The van der Waals surface area contributed by atoms with Gasteiger partial charge < -0.3 is 10.6 Å². The number of rotatable bonds is 5. The predicted molar refractivity (Wildman–Crippen MR) is 87.3 cm³/mol. The number of halogens is 3. The van der Waals surface area contributed by atoms with Gasteiger partial charge in [-0.05, 0) is 32.2 Å². The molecule has 1 aromatic heterocycles. The molecule has 1 heterocycles. The number of hydrogen-bond acceptors (Lipinski definition) is 5. The van der Waals surface area contributed by atoms with Crippen molar-refractivity contribution in [3.8, 4) is 0 Å². The highest BCUT2D eigenvalue weighted by molar-refractivity contribution is 7.98. The summed E-state index contributed by atoms with van der Waals surface area (Å²) in [7, 11) is 0. The van der Waals surface area contributed by atoms with Crippen molar-refractivity contribution in [1.29, 1.82) is 0 Å². The summed E-state index contributed by atoms with van der Waals surface area (Å²) in [6.45, 7) is 3.61. The zero-order chi connectivity index (χ0) is 17.0. The number of alkyl halides is 3. The summed E-state index contributed by atoms with van der Waals surface area (Å²) in [6, 6.07) is 8.17. The lowest BCUT2D eigenvalue weighted by Crippen LogP contribution is -2.17. The molecule has 8 heteroatoms. The van der Waals surface area contributed by atoms with Crippen LogP contribution in [0, 0.1) is 0 Å². The summed E-state index contributed by atoms with van der Waals surface area (Å²) in [5.74, 6) is 0.0379. The van der Waals surface area contributed by atoms with Gasteiger partial charge in [-0.25, -0.2) is 4.98 Å². The molecule has 2 rings (SSSR count). The van der Waals surface area contributed by atoms with Gasteiger partial charge in [-0.15, -0.1) is 11.8 Å². The Morgan fingerprint density at radius 1 is 1.13 bits per heavy atom. The number of para-hydroxylation sites is 1. The van der Waals surface area contributed by atoms with Crippen LogP contribution in [0.15, 0.2) is 35.2 Å². The lowest BCUT2D eigenvalue weighted by atomic mass is 10.3. The van der Waals surface area contributed by atoms with Gasteiger partial charge in [0.2, 0.25) is 5.95 Å². The van der Waals surface area contributed by atoms with Gasteiger partial charge in [-0.1, -0.05) is 12.1 Å². The molecule has 4 nitrogen and oxygen atoms in total. The Morgan fingerprint density at radius 3 is 2.43 bits per heavy atom. The van der Waals surface area contributed by atoms with E-state index < -0.39 is 11.9 Å². The molecule has 23 heavy (non-hydrogen) atoms. The zero-order valence-corrected chi connectivity index (χ0v) is 13.7. The standard InChI is InChI=1S/C15H17F3N4S/c1-9(2)19-14-21-12(15(16,17)18)8-13(22-14)20-10-6-4-5-7-11(10)23-3/h4-9H,1-3H3,(H2,19,20,21,22). The van der Waals surface area contributed by atoms with Gasteiger partial charge in [0.15, 0.2) is 5.69 Å². The molecular weight excluding hydrogens is 325 g/mol. The van der Waals surface area contributed by atoms with Crippen molar-refractivity contribution in [2.45, 2.75) is 31.0 Å². The van der Waals surface area contributed by atoms with Crippen LogP contribution in [0.4, 0.5) is 30.6 Å². The van der Waals surface area contributed by atoms with Crippen LogP contribution in [0.5, 0.6) is 0 Å². The number of nitrogens with one attached hydrogen (secondary N) is 2. The third-order valence-electron chi connectivity index (χ3n) is 2.80. The van der Waals surface area contributed by atoms with Crippen molar-refractivity contribution < 1.29 is 13.2 Å². The van der Waals surface area contributed by atoms with Crippen molar-refractivity contribution in [3.05, 3.63) is 36.0 Å². The quantitative estimate of drug-likeness (QED) is 0.766. The highest BCUT2D eigenvalue weighted by atomic mass is 32.2. The molecule has 0 fully saturated rings. The Morgan fingerprint density at radius 2 is 1.83 bits per heavy atom. The van der Waals surface area contributed by atoms with E-state index in [4.69, 9.17) is 0 Å². The van der Waals surface area contributed by atoms with Crippen LogP contribution in [0.3, 0.4) is 0 Å². The van der Waals surface area contributed by atoms with Gasteiger partial charge in [0.1, 0.15) is 5.82 Å². The average molecular weight is 342 g/mol. The first-order chi connectivity index (χ1) is 10.8. The third kappa shape index (κ3) is 4.75. The molecule has 0 spiro atoms. The van der Waals surface area contributed by atoms with Crippen molar-refractivity contribution in [2.24, 2.45) is 0 Å². The first kappa shape index (κ1) is 17.4. The minimum Gasteiger partial charge on any atom is -0.352 e. The number of hydrogen-bond donors (Lipinski definition) is 2. The summed E-state index contributed by atoms with van der Waals surface area (Å²) in [6.07, 6.45) is -2.64. The van der Waals surface area contributed by atoms with E-state index in [-0.39, 0.29) is 17.8 Å². The fourth-order valence-electron chi connectivity index (χ4n) is 1.87. The van der Waals surface area contributed by atoms with Crippen molar-refractivity contribution in [1.82, 2.24) is 9.97 Å². The third-order valence-corrected chi connectivity index (χ3v) is 3.60. The highest BCUT2D eigenvalue weighted by Gasteiger charge is 2.33. The van der Waals surface area contributed by atoms with Crippen LogP contribution in [0.1, 0.15) is 19.5 Å². The van der Waals surface area contributed by atoms with Gasteiger partial charge in [0.05, 0.1) is 5.69 Å². The number of thioether (sulfide) groups is 1. The van der Waals surface area contributed by atoms with E-state index in [9.17, 15) is 13.2 Å². The van der Waals surface area contributed by atoms with Crippen LogP contribution in [0.25, 0.3) is 0 Å². The second-order valence-corrected chi connectivity index (χ2v) is 5.93. The van der Waals surface area contributed by atoms with E-state index in [0.29, 0.717) is 5.69 Å². The van der Waals surface area contributed by atoms with Crippen molar-refractivity contribution >= 4 is 29.2 Å². The first-order valence-electron chi connectivity index (χ1n) is 6.92. The second-order valence-electron chi connectivity index (χ2n) is 5.08. The molecule has 0 bridgehead atoms. The van der Waals surface area contributed by atoms with Gasteiger partial charge >= 0.3 is 6.18 Å². The van der Waals surface area contributed by atoms with E-state index in [1.54, 1.807) is 26.0 Å². The topological polar surface area (TPSA) is 49.8 Å². The normalized spacial score (nSPS) is 11.6. The van der Waals surface area contributed by atoms with Gasteiger partial charge in [-0.2, -0.15) is 18.2 Å². The molecule has 0 radical (unpaired) electrons. The van der Waals surface area contributed by atoms with E-state index >= 15 is 0 Å². The summed E-state index contributed by atoms with van der Waals surface area (Å²) < 4.78 is 39.1. The number of aromatic nitrogens is 2. The van der Waals surface area contributed by atoms with Crippen molar-refractivity contribution in [3.63, 3.8) is 0 Å². The largest absolute Gasteiger partial charge is 0.433 e. The van der Waals surface area contributed by atoms with Crippen LogP contribution in [0.2, 0.25) is 0 Å². The van der Waals surface area contributed by atoms with Gasteiger partial charge in [0.25, 0.3) is 0 Å². The van der Waals surface area contributed by atoms with Crippen molar-refractivity contribution in [2.75, 3.05) is 16.9 Å². The van der Waals surface area contributed by atoms with Crippen LogP contribution < -0.4 is 10.6 Å². The smallest absolute Gasteiger partial charge is 0.352 e. The number of anilines is 3. The lowest BCUT2D eigenvalue weighted by Gasteiger charge is -2.15. The maximum Gasteiger partial charge on any atom is 0.433 e. The monoisotopic (exact) mass is 342 g/mol. The van der Waals surface area contributed by atoms with Gasteiger partial charge in [-0.3, -0.25) is 0 Å². The molecule has 2 N–H and O–H groups in total. The van der Waals surface area contributed by atoms with Crippen LogP contribution in [-0.2, 0) is 6.18 Å². The Kier molecular flexibility index (Phi) is 5.35. The molecule has 0 aliphatic rings. The fraction of sp³-hybridized carbons (Fsp3) is 0.333. The molecule has 0 saturated heterocycles. The molecule has 124 valence electrons. The molecule has 0 amide bonds. The zero-order valence-electron chi connectivity index (χ0n) is 12.9. The molecule has 2 aromatic rings. The van der Waals surface area contributed by atoms with E-state index in [1.807, 2.05) is 18.4 Å². The summed E-state index contributed by atoms with van der Waals surface area (Å²) in [5.41, 5.74) is -0.290. The number of benzene rings is 1. The molecular formula is C15H17F3N4S. The van der Waals surface area contributed by atoms with E-state index in [2.05, 4.69) is 20.6 Å².